The molecule has 0 radical (unpaired) electrons. The van der Waals surface area contributed by atoms with Crippen LogP contribution in [0.4, 0.5) is 5.69 Å². The third kappa shape index (κ3) is 1.88. The van der Waals surface area contributed by atoms with Crippen LogP contribution in [0.5, 0.6) is 5.75 Å². The van der Waals surface area contributed by atoms with Crippen LogP contribution in [0.1, 0.15) is 56.6 Å². The Hall–Kier alpha value is -1.18. The Morgan fingerprint density at radius 2 is 2.11 bits per heavy atom. The molecule has 1 fully saturated rings. The Bertz CT molecular complexity index is 468. The van der Waals surface area contributed by atoms with Gasteiger partial charge in [-0.1, -0.05) is 32.6 Å². The highest BCUT2D eigenvalue weighted by atomic mass is 16.3. The predicted molar refractivity (Wildman–Crippen MR) is 74.8 cm³/mol. The van der Waals surface area contributed by atoms with Gasteiger partial charge in [-0.2, -0.15) is 0 Å². The molecule has 2 aliphatic rings. The van der Waals surface area contributed by atoms with Gasteiger partial charge in [0, 0.05) is 11.8 Å². The summed E-state index contributed by atoms with van der Waals surface area (Å²) >= 11 is 0. The molecule has 2 nitrogen and oxygen atoms in total. The molecular formula is C16H23NO. The standard InChI is InChI=1S/C16H23NO/c1-16-6-4-2-3-5-11(10-16)7-13-14(16)8-12(18)9-15(13)17/h8-9,11,18H,2-7,10,17H2,1H3/t11?,16-/m0/s1. The van der Waals surface area contributed by atoms with Gasteiger partial charge < -0.3 is 10.8 Å². The van der Waals surface area contributed by atoms with Crippen LogP contribution in [0.3, 0.4) is 0 Å². The summed E-state index contributed by atoms with van der Waals surface area (Å²) in [6.45, 7) is 2.36. The van der Waals surface area contributed by atoms with Crippen molar-refractivity contribution in [1.82, 2.24) is 0 Å². The van der Waals surface area contributed by atoms with E-state index in [0.717, 1.165) is 18.0 Å². The molecule has 0 heterocycles. The second-order valence-electron chi connectivity index (χ2n) is 6.50. The summed E-state index contributed by atoms with van der Waals surface area (Å²) in [6.07, 6.45) is 8.98. The number of benzene rings is 1. The quantitative estimate of drug-likeness (QED) is 0.684. The van der Waals surface area contributed by atoms with Gasteiger partial charge in [0.15, 0.2) is 0 Å². The molecule has 18 heavy (non-hydrogen) atoms. The van der Waals surface area contributed by atoms with Gasteiger partial charge in [0.25, 0.3) is 0 Å². The van der Waals surface area contributed by atoms with Crippen LogP contribution in [0, 0.1) is 5.92 Å². The maximum atomic E-state index is 9.83. The number of nitrogens with two attached hydrogens (primary N) is 1. The number of hydrogen-bond acceptors (Lipinski definition) is 2. The molecule has 1 aromatic carbocycles. The Kier molecular flexibility index (Phi) is 2.76. The lowest BCUT2D eigenvalue weighted by molar-refractivity contribution is 0.245. The van der Waals surface area contributed by atoms with Gasteiger partial charge >= 0.3 is 0 Å². The fourth-order valence-corrected chi connectivity index (χ4v) is 4.12. The van der Waals surface area contributed by atoms with Crippen molar-refractivity contribution in [2.75, 3.05) is 5.73 Å². The van der Waals surface area contributed by atoms with Crippen molar-refractivity contribution in [3.05, 3.63) is 23.3 Å². The molecule has 2 heteroatoms. The van der Waals surface area contributed by atoms with Gasteiger partial charge in [-0.3, -0.25) is 0 Å². The molecule has 1 aromatic rings. The zero-order valence-corrected chi connectivity index (χ0v) is 11.2. The lowest BCUT2D eigenvalue weighted by atomic mass is 9.62. The zero-order chi connectivity index (χ0) is 12.8. The third-order valence-electron chi connectivity index (χ3n) is 4.99. The Morgan fingerprint density at radius 1 is 1.28 bits per heavy atom. The number of aromatic hydroxyl groups is 1. The Morgan fingerprint density at radius 3 is 2.94 bits per heavy atom. The number of rotatable bonds is 0. The van der Waals surface area contributed by atoms with Crippen molar-refractivity contribution in [2.45, 2.75) is 57.3 Å². The summed E-state index contributed by atoms with van der Waals surface area (Å²) in [5, 5.41) is 9.83. The average molecular weight is 245 g/mol. The second kappa shape index (κ2) is 4.18. The smallest absolute Gasteiger partial charge is 0.117 e. The molecule has 3 N–H and O–H groups in total. The lowest BCUT2D eigenvalue weighted by Gasteiger charge is -2.42. The van der Waals surface area contributed by atoms with Crippen molar-refractivity contribution in [1.29, 1.82) is 0 Å². The molecule has 0 aromatic heterocycles. The Labute approximate surface area is 109 Å². The van der Waals surface area contributed by atoms with E-state index in [1.165, 1.54) is 49.7 Å². The number of hydrogen-bond donors (Lipinski definition) is 2. The molecule has 1 unspecified atom stereocenters. The van der Waals surface area contributed by atoms with Crippen LogP contribution in [0.25, 0.3) is 0 Å². The zero-order valence-electron chi connectivity index (χ0n) is 11.2. The predicted octanol–water partition coefficient (Wildman–Crippen LogP) is 3.76. The minimum absolute atomic E-state index is 0.228. The van der Waals surface area contributed by atoms with Gasteiger partial charge in [0.05, 0.1) is 0 Å². The van der Waals surface area contributed by atoms with Crippen molar-refractivity contribution >= 4 is 5.69 Å². The monoisotopic (exact) mass is 245 g/mol. The molecule has 1 saturated carbocycles. The molecule has 0 amide bonds. The maximum absolute atomic E-state index is 9.83. The number of anilines is 1. The molecular weight excluding hydrogens is 222 g/mol. The van der Waals surface area contributed by atoms with Crippen molar-refractivity contribution in [3.63, 3.8) is 0 Å². The first-order valence-corrected chi connectivity index (χ1v) is 7.20. The van der Waals surface area contributed by atoms with Crippen LogP contribution in [0.15, 0.2) is 12.1 Å². The van der Waals surface area contributed by atoms with Crippen LogP contribution in [-0.4, -0.2) is 5.11 Å². The van der Waals surface area contributed by atoms with E-state index in [9.17, 15) is 5.11 Å². The van der Waals surface area contributed by atoms with Crippen LogP contribution < -0.4 is 5.73 Å². The Balaban J connectivity index is 2.11. The second-order valence-corrected chi connectivity index (χ2v) is 6.50. The number of nitrogen functional groups attached to an aromatic ring is 1. The summed E-state index contributed by atoms with van der Waals surface area (Å²) < 4.78 is 0. The van der Waals surface area contributed by atoms with E-state index in [-0.39, 0.29) is 5.41 Å². The molecule has 98 valence electrons. The molecule has 0 spiro atoms. The van der Waals surface area contributed by atoms with E-state index in [4.69, 9.17) is 5.73 Å². The molecule has 2 atom stereocenters. The summed E-state index contributed by atoms with van der Waals surface area (Å²) in [5.74, 6) is 1.11. The SMILES string of the molecule is C[C@@]12CCCCCC(Cc3c(N)cc(O)cc31)C2. The highest BCUT2D eigenvalue weighted by molar-refractivity contribution is 5.58. The van der Waals surface area contributed by atoms with Gasteiger partial charge in [-0.25, -0.2) is 0 Å². The van der Waals surface area contributed by atoms with Gasteiger partial charge in [-0.05, 0) is 47.8 Å². The first-order valence-electron chi connectivity index (χ1n) is 7.20. The normalized spacial score (nSPS) is 31.3. The highest BCUT2D eigenvalue weighted by Crippen LogP contribution is 2.48. The van der Waals surface area contributed by atoms with Gasteiger partial charge in [0.2, 0.25) is 0 Å². The first kappa shape index (κ1) is 11.9. The van der Waals surface area contributed by atoms with E-state index < -0.39 is 0 Å². The van der Waals surface area contributed by atoms with Crippen LogP contribution in [-0.2, 0) is 11.8 Å². The largest absolute Gasteiger partial charge is 0.508 e. The topological polar surface area (TPSA) is 46.2 Å². The molecule has 3 rings (SSSR count). The number of phenols is 1. The fraction of sp³-hybridized carbons (Fsp3) is 0.625. The minimum Gasteiger partial charge on any atom is -0.508 e. The summed E-state index contributed by atoms with van der Waals surface area (Å²) in [4.78, 5) is 0. The van der Waals surface area contributed by atoms with Crippen molar-refractivity contribution in [3.8, 4) is 5.75 Å². The third-order valence-corrected chi connectivity index (χ3v) is 4.99. The van der Waals surface area contributed by atoms with Gasteiger partial charge in [0.1, 0.15) is 5.75 Å². The summed E-state index contributed by atoms with van der Waals surface area (Å²) in [7, 11) is 0. The lowest BCUT2D eigenvalue weighted by Crippen LogP contribution is -2.34. The molecule has 0 aliphatic heterocycles. The minimum atomic E-state index is 0.228. The summed E-state index contributed by atoms with van der Waals surface area (Å²) in [5.41, 5.74) is 9.79. The van der Waals surface area contributed by atoms with Crippen LogP contribution in [0.2, 0.25) is 0 Å². The highest BCUT2D eigenvalue weighted by Gasteiger charge is 2.38. The van der Waals surface area contributed by atoms with E-state index in [1.807, 2.05) is 6.07 Å². The number of fused-ring (bicyclic) bond motifs is 4. The van der Waals surface area contributed by atoms with E-state index >= 15 is 0 Å². The molecule has 2 bridgehead atoms. The first-order chi connectivity index (χ1) is 8.58. The van der Waals surface area contributed by atoms with E-state index in [1.54, 1.807) is 6.07 Å². The average Bonchev–Trinajstić information content (AvgIpc) is 2.28. The van der Waals surface area contributed by atoms with E-state index in [0.29, 0.717) is 5.75 Å². The molecule has 2 aliphatic carbocycles. The fourth-order valence-electron chi connectivity index (χ4n) is 4.12. The van der Waals surface area contributed by atoms with E-state index in [2.05, 4.69) is 6.92 Å². The summed E-state index contributed by atoms with van der Waals surface area (Å²) in [6, 6.07) is 3.68. The maximum Gasteiger partial charge on any atom is 0.117 e. The van der Waals surface area contributed by atoms with Crippen LogP contribution >= 0.6 is 0 Å². The van der Waals surface area contributed by atoms with Gasteiger partial charge in [-0.15, -0.1) is 0 Å². The van der Waals surface area contributed by atoms with Crippen molar-refractivity contribution < 1.29 is 5.11 Å². The molecule has 0 saturated heterocycles. The number of phenolic OH excluding ortho intramolecular Hbond substituents is 1. The van der Waals surface area contributed by atoms with Crippen molar-refractivity contribution in [2.24, 2.45) is 5.92 Å².